The molecular formula is C22H23F3N2O5. The van der Waals surface area contributed by atoms with E-state index in [1.54, 1.807) is 36.4 Å². The molecule has 1 saturated heterocycles. The standard InChI is InChI=1S/C20H22N2O3.C2HF3O2/c1-14-9-11-22(12-10-14)18-8-7-16(20(24)25)13-17(18)21-19(23)15-5-3-2-4-6-15;3-2(4,5)1(6)7/h2-8,13-14H,9-12H2,1H3,(H,21,23)(H,24,25);(H,6,7). The number of anilines is 2. The monoisotopic (exact) mass is 452 g/mol. The van der Waals surface area contributed by atoms with E-state index in [9.17, 15) is 27.9 Å². The number of carbonyl (C=O) groups excluding carboxylic acids is 1. The van der Waals surface area contributed by atoms with E-state index in [1.807, 2.05) is 6.07 Å². The number of hydrogen-bond acceptors (Lipinski definition) is 4. The number of carboxylic acids is 2. The van der Waals surface area contributed by atoms with Crippen LogP contribution in [0.2, 0.25) is 0 Å². The first-order valence-electron chi connectivity index (χ1n) is 9.78. The minimum atomic E-state index is -5.08. The van der Waals surface area contributed by atoms with Gasteiger partial charge in [0, 0.05) is 18.7 Å². The second-order valence-corrected chi connectivity index (χ2v) is 7.33. The van der Waals surface area contributed by atoms with Gasteiger partial charge in [-0.2, -0.15) is 13.2 Å². The highest BCUT2D eigenvalue weighted by molar-refractivity contribution is 6.06. The zero-order valence-corrected chi connectivity index (χ0v) is 17.2. The maximum Gasteiger partial charge on any atom is 0.490 e. The summed E-state index contributed by atoms with van der Waals surface area (Å²) >= 11 is 0. The first-order chi connectivity index (χ1) is 15.0. The van der Waals surface area contributed by atoms with Gasteiger partial charge in [0.25, 0.3) is 5.91 Å². The van der Waals surface area contributed by atoms with Gasteiger partial charge in [-0.15, -0.1) is 0 Å². The van der Waals surface area contributed by atoms with Crippen LogP contribution in [0.5, 0.6) is 0 Å². The predicted octanol–water partition coefficient (Wildman–Crippen LogP) is 4.51. The lowest BCUT2D eigenvalue weighted by Crippen LogP contribution is -2.33. The number of aliphatic carboxylic acids is 1. The largest absolute Gasteiger partial charge is 0.490 e. The fourth-order valence-corrected chi connectivity index (χ4v) is 3.08. The maximum atomic E-state index is 12.5. The number of rotatable bonds is 4. The van der Waals surface area contributed by atoms with E-state index in [0.717, 1.165) is 31.6 Å². The normalized spacial score (nSPS) is 14.2. The van der Waals surface area contributed by atoms with Crippen LogP contribution in [0.3, 0.4) is 0 Å². The zero-order valence-electron chi connectivity index (χ0n) is 17.2. The van der Waals surface area contributed by atoms with Crippen LogP contribution in [0, 0.1) is 5.92 Å². The first-order valence-corrected chi connectivity index (χ1v) is 9.78. The molecule has 0 spiro atoms. The number of carboxylic acid groups (broad SMARTS) is 2. The van der Waals surface area contributed by atoms with Crippen molar-refractivity contribution < 1.29 is 37.8 Å². The third kappa shape index (κ3) is 7.00. The van der Waals surface area contributed by atoms with Gasteiger partial charge >= 0.3 is 18.1 Å². The van der Waals surface area contributed by atoms with Crippen molar-refractivity contribution in [3.63, 3.8) is 0 Å². The molecular weight excluding hydrogens is 429 g/mol. The molecule has 0 aliphatic carbocycles. The molecule has 7 nitrogen and oxygen atoms in total. The highest BCUT2D eigenvalue weighted by Crippen LogP contribution is 2.31. The van der Waals surface area contributed by atoms with Crippen LogP contribution in [0.25, 0.3) is 0 Å². The maximum absolute atomic E-state index is 12.5. The molecule has 172 valence electrons. The number of hydrogen-bond donors (Lipinski definition) is 3. The summed E-state index contributed by atoms with van der Waals surface area (Å²) in [6, 6.07) is 13.8. The number of benzene rings is 2. The van der Waals surface area contributed by atoms with Crippen molar-refractivity contribution in [2.24, 2.45) is 5.92 Å². The summed E-state index contributed by atoms with van der Waals surface area (Å²) in [6.45, 7) is 4.05. The Labute approximate surface area is 182 Å². The molecule has 32 heavy (non-hydrogen) atoms. The van der Waals surface area contributed by atoms with E-state index in [2.05, 4.69) is 17.1 Å². The van der Waals surface area contributed by atoms with Gasteiger partial charge in [0.2, 0.25) is 0 Å². The highest BCUT2D eigenvalue weighted by Gasteiger charge is 2.38. The van der Waals surface area contributed by atoms with Gasteiger partial charge in [-0.1, -0.05) is 25.1 Å². The molecule has 2 aromatic rings. The predicted molar refractivity (Wildman–Crippen MR) is 112 cm³/mol. The molecule has 1 aliphatic rings. The van der Waals surface area contributed by atoms with Gasteiger partial charge in [-0.05, 0) is 49.1 Å². The summed E-state index contributed by atoms with van der Waals surface area (Å²) in [5.74, 6) is -3.31. The van der Waals surface area contributed by atoms with E-state index in [0.29, 0.717) is 17.2 Å². The lowest BCUT2D eigenvalue weighted by Gasteiger charge is -2.33. The van der Waals surface area contributed by atoms with Crippen molar-refractivity contribution in [2.45, 2.75) is 25.9 Å². The second-order valence-electron chi connectivity index (χ2n) is 7.33. The van der Waals surface area contributed by atoms with E-state index in [1.165, 1.54) is 6.07 Å². The Kier molecular flexibility index (Phi) is 8.22. The molecule has 0 aromatic heterocycles. The number of aromatic carboxylic acids is 1. The molecule has 0 unspecified atom stereocenters. The van der Waals surface area contributed by atoms with Crippen LogP contribution in [0.4, 0.5) is 24.5 Å². The van der Waals surface area contributed by atoms with Crippen LogP contribution in [-0.2, 0) is 4.79 Å². The van der Waals surface area contributed by atoms with Crippen molar-refractivity contribution in [3.8, 4) is 0 Å². The number of nitrogens with one attached hydrogen (secondary N) is 1. The summed E-state index contributed by atoms with van der Waals surface area (Å²) in [6.07, 6.45) is -2.90. The number of carbonyl (C=O) groups is 3. The lowest BCUT2D eigenvalue weighted by atomic mass is 9.98. The Bertz CT molecular complexity index is 956. The topological polar surface area (TPSA) is 107 Å². The molecule has 0 atom stereocenters. The van der Waals surface area contributed by atoms with Crippen LogP contribution < -0.4 is 10.2 Å². The Morgan fingerprint density at radius 3 is 2.03 bits per heavy atom. The smallest absolute Gasteiger partial charge is 0.478 e. The van der Waals surface area contributed by atoms with Gasteiger partial charge in [0.05, 0.1) is 16.9 Å². The van der Waals surface area contributed by atoms with Crippen LogP contribution >= 0.6 is 0 Å². The molecule has 3 N–H and O–H groups in total. The summed E-state index contributed by atoms with van der Waals surface area (Å²) in [5.41, 5.74) is 2.13. The molecule has 3 rings (SSSR count). The Balaban J connectivity index is 0.000000451. The van der Waals surface area contributed by atoms with E-state index >= 15 is 0 Å². The SMILES string of the molecule is CC1CCN(c2ccc(C(=O)O)cc2NC(=O)c2ccccc2)CC1.O=C(O)C(F)(F)F. The number of nitrogens with zero attached hydrogens (tertiary/aromatic N) is 1. The Morgan fingerprint density at radius 2 is 1.53 bits per heavy atom. The molecule has 0 radical (unpaired) electrons. The summed E-state index contributed by atoms with van der Waals surface area (Å²) < 4.78 is 31.7. The fourth-order valence-electron chi connectivity index (χ4n) is 3.08. The number of halogens is 3. The highest BCUT2D eigenvalue weighted by atomic mass is 19.4. The van der Waals surface area contributed by atoms with Gasteiger partial charge in [0.1, 0.15) is 0 Å². The van der Waals surface area contributed by atoms with Gasteiger partial charge in [-0.3, -0.25) is 4.79 Å². The van der Waals surface area contributed by atoms with Gasteiger partial charge in [-0.25, -0.2) is 9.59 Å². The molecule has 0 bridgehead atoms. The van der Waals surface area contributed by atoms with E-state index < -0.39 is 18.1 Å². The van der Waals surface area contributed by atoms with E-state index in [4.69, 9.17) is 9.90 Å². The molecule has 10 heteroatoms. The number of amides is 1. The number of alkyl halides is 3. The van der Waals surface area contributed by atoms with Crippen LogP contribution in [0.1, 0.15) is 40.5 Å². The van der Waals surface area contributed by atoms with Crippen molar-refractivity contribution >= 4 is 29.2 Å². The van der Waals surface area contributed by atoms with Crippen LogP contribution in [0.15, 0.2) is 48.5 Å². The molecule has 0 saturated carbocycles. The minimum absolute atomic E-state index is 0.164. The Morgan fingerprint density at radius 1 is 0.969 bits per heavy atom. The van der Waals surface area contributed by atoms with Gasteiger partial charge in [0.15, 0.2) is 0 Å². The van der Waals surface area contributed by atoms with E-state index in [-0.39, 0.29) is 11.5 Å². The summed E-state index contributed by atoms with van der Waals surface area (Å²) in [5, 5.41) is 19.3. The quantitative estimate of drug-likeness (QED) is 0.630. The third-order valence-corrected chi connectivity index (χ3v) is 4.89. The molecule has 2 aromatic carbocycles. The first kappa shape index (κ1) is 24.7. The average molecular weight is 452 g/mol. The van der Waals surface area contributed by atoms with Crippen molar-refractivity contribution in [2.75, 3.05) is 23.3 Å². The lowest BCUT2D eigenvalue weighted by molar-refractivity contribution is -0.192. The average Bonchev–Trinajstić information content (AvgIpc) is 2.74. The summed E-state index contributed by atoms with van der Waals surface area (Å²) in [7, 11) is 0. The fraction of sp³-hybridized carbons (Fsp3) is 0.318. The molecule has 1 heterocycles. The van der Waals surface area contributed by atoms with Crippen molar-refractivity contribution in [3.05, 3.63) is 59.7 Å². The molecule has 1 aliphatic heterocycles. The van der Waals surface area contributed by atoms with Crippen molar-refractivity contribution in [1.82, 2.24) is 0 Å². The minimum Gasteiger partial charge on any atom is -0.478 e. The third-order valence-electron chi connectivity index (χ3n) is 4.89. The van der Waals surface area contributed by atoms with Crippen LogP contribution in [-0.4, -0.2) is 47.3 Å². The molecule has 1 fully saturated rings. The summed E-state index contributed by atoms with van der Waals surface area (Å²) in [4.78, 5) is 34.9. The Hall–Kier alpha value is -3.56. The number of piperidine rings is 1. The zero-order chi connectivity index (χ0) is 23.9. The molecule has 1 amide bonds. The second kappa shape index (κ2) is 10.7. The van der Waals surface area contributed by atoms with Gasteiger partial charge < -0.3 is 20.4 Å². The van der Waals surface area contributed by atoms with Crippen molar-refractivity contribution in [1.29, 1.82) is 0 Å².